The largest absolute Gasteiger partial charge is 0.0525 e. The molecule has 2 heteroatoms. The third-order valence-electron chi connectivity index (χ3n) is 2.36. The summed E-state index contributed by atoms with van der Waals surface area (Å²) in [6.07, 6.45) is 0. The summed E-state index contributed by atoms with van der Waals surface area (Å²) in [7, 11) is 0. The van der Waals surface area contributed by atoms with E-state index in [1.54, 1.807) is 0 Å². The van der Waals surface area contributed by atoms with Crippen LogP contribution in [0.4, 0.5) is 0 Å². The maximum absolute atomic E-state index is 3.59. The van der Waals surface area contributed by atoms with Crippen LogP contribution < -0.4 is 0 Å². The summed E-state index contributed by atoms with van der Waals surface area (Å²) in [5, 5.41) is 5.30. The molecule has 0 saturated heterocycles. The molecule has 0 fully saturated rings. The average molecular weight is 284 g/mol. The van der Waals surface area contributed by atoms with E-state index in [1.165, 1.54) is 30.5 Å². The van der Waals surface area contributed by atoms with Crippen molar-refractivity contribution in [2.45, 2.75) is 0 Å². The molecule has 0 aliphatic rings. The number of halogens is 2. The molecule has 0 spiro atoms. The zero-order valence-corrected chi connectivity index (χ0v) is 9.24. The SMILES string of the molecule is Brc1c2ccc2c(Br)c2ccc12. The van der Waals surface area contributed by atoms with Crippen molar-refractivity contribution in [3.05, 3.63) is 33.2 Å². The van der Waals surface area contributed by atoms with Crippen molar-refractivity contribution in [1.29, 1.82) is 0 Å². The molecule has 0 unspecified atom stereocenters. The molecular formula is C10H4Br2. The first-order valence-electron chi connectivity index (χ1n) is 3.70. The zero-order chi connectivity index (χ0) is 8.29. The Morgan fingerprint density at radius 2 is 0.833 bits per heavy atom. The van der Waals surface area contributed by atoms with Crippen LogP contribution in [0.3, 0.4) is 0 Å². The van der Waals surface area contributed by atoms with Gasteiger partial charge in [0.15, 0.2) is 0 Å². The topological polar surface area (TPSA) is 0 Å². The van der Waals surface area contributed by atoms with E-state index in [2.05, 4.69) is 56.1 Å². The Morgan fingerprint density at radius 3 is 1.00 bits per heavy atom. The Morgan fingerprint density at radius 1 is 0.583 bits per heavy atom. The van der Waals surface area contributed by atoms with Gasteiger partial charge in [0.05, 0.1) is 0 Å². The molecule has 3 aromatic rings. The lowest BCUT2D eigenvalue weighted by Crippen LogP contribution is -1.86. The Hall–Kier alpha value is -0.340. The van der Waals surface area contributed by atoms with Crippen LogP contribution in [-0.2, 0) is 0 Å². The van der Waals surface area contributed by atoms with Crippen LogP contribution in [0.1, 0.15) is 0 Å². The van der Waals surface area contributed by atoms with Gasteiger partial charge in [-0.05, 0) is 53.4 Å². The highest BCUT2D eigenvalue weighted by molar-refractivity contribution is 9.11. The third kappa shape index (κ3) is 0.639. The number of hydrogen-bond acceptors (Lipinski definition) is 0. The molecule has 0 nitrogen and oxygen atoms in total. The van der Waals surface area contributed by atoms with Gasteiger partial charge in [0.25, 0.3) is 0 Å². The molecule has 0 heterocycles. The highest BCUT2D eigenvalue weighted by Gasteiger charge is 2.13. The fraction of sp³-hybridized carbons (Fsp3) is 0. The lowest BCUT2D eigenvalue weighted by Gasteiger charge is -2.13. The summed E-state index contributed by atoms with van der Waals surface area (Å²) in [6.45, 7) is 0. The normalized spacial score (nSPS) is 12.2. The monoisotopic (exact) mass is 282 g/mol. The summed E-state index contributed by atoms with van der Waals surface area (Å²) in [4.78, 5) is 0. The molecule has 12 heavy (non-hydrogen) atoms. The molecular weight excluding hydrogens is 280 g/mol. The number of fused-ring (bicyclic) bond motifs is 2. The molecule has 3 rings (SSSR count). The van der Waals surface area contributed by atoms with Crippen molar-refractivity contribution in [1.82, 2.24) is 0 Å². The van der Waals surface area contributed by atoms with E-state index >= 15 is 0 Å². The Bertz CT molecular complexity index is 446. The summed E-state index contributed by atoms with van der Waals surface area (Å²) in [6, 6.07) is 8.54. The highest BCUT2D eigenvalue weighted by Crippen LogP contribution is 2.42. The van der Waals surface area contributed by atoms with Crippen LogP contribution in [0.15, 0.2) is 33.2 Å². The Kier molecular flexibility index (Phi) is 1.25. The minimum absolute atomic E-state index is 1.24. The van der Waals surface area contributed by atoms with Gasteiger partial charge in [-0.1, -0.05) is 24.3 Å². The van der Waals surface area contributed by atoms with E-state index in [1.807, 2.05) is 0 Å². The first-order valence-corrected chi connectivity index (χ1v) is 5.29. The standard InChI is InChI=1S/C10H4Br2/c11-9-5-1-2-6(5)10(12)8-4-3-7(8)9/h1-4H. The Labute approximate surface area is 86.5 Å². The maximum Gasteiger partial charge on any atom is 0.0332 e. The van der Waals surface area contributed by atoms with E-state index in [9.17, 15) is 0 Å². The maximum atomic E-state index is 3.59. The summed E-state index contributed by atoms with van der Waals surface area (Å²) < 4.78 is 2.47. The van der Waals surface area contributed by atoms with Crippen molar-refractivity contribution >= 4 is 53.4 Å². The van der Waals surface area contributed by atoms with E-state index < -0.39 is 0 Å². The summed E-state index contributed by atoms with van der Waals surface area (Å²) in [5.74, 6) is 0. The lowest BCUT2D eigenvalue weighted by molar-refractivity contribution is 1.71. The molecule has 0 atom stereocenters. The van der Waals surface area contributed by atoms with Gasteiger partial charge in [-0.25, -0.2) is 0 Å². The predicted octanol–water partition coefficient (Wildman–Crippen LogP) is 4.39. The zero-order valence-electron chi connectivity index (χ0n) is 6.07. The molecule has 3 aromatic carbocycles. The van der Waals surface area contributed by atoms with Crippen molar-refractivity contribution in [2.24, 2.45) is 0 Å². The number of rotatable bonds is 0. The van der Waals surface area contributed by atoms with E-state index in [0.717, 1.165) is 0 Å². The molecule has 0 aliphatic heterocycles. The number of hydrogen-bond donors (Lipinski definition) is 0. The summed E-state index contributed by atoms with van der Waals surface area (Å²) >= 11 is 7.19. The van der Waals surface area contributed by atoms with Crippen LogP contribution >= 0.6 is 31.9 Å². The van der Waals surface area contributed by atoms with Crippen LogP contribution in [-0.4, -0.2) is 0 Å². The minimum atomic E-state index is 1.24. The third-order valence-corrected chi connectivity index (χ3v) is 4.07. The van der Waals surface area contributed by atoms with Gasteiger partial charge in [-0.15, -0.1) is 0 Å². The summed E-state index contributed by atoms with van der Waals surface area (Å²) in [5.41, 5.74) is 0. The lowest BCUT2D eigenvalue weighted by atomic mass is 9.98. The Balaban J connectivity index is 2.64. The van der Waals surface area contributed by atoms with Crippen LogP contribution in [0.2, 0.25) is 0 Å². The molecule has 0 bridgehead atoms. The molecule has 0 amide bonds. The number of benzene rings is 1. The average Bonchev–Trinajstić information content (AvgIpc) is 1.78. The van der Waals surface area contributed by atoms with E-state index in [-0.39, 0.29) is 0 Å². The second-order valence-electron chi connectivity index (χ2n) is 2.95. The predicted molar refractivity (Wildman–Crippen MR) is 59.2 cm³/mol. The van der Waals surface area contributed by atoms with Gasteiger partial charge < -0.3 is 0 Å². The van der Waals surface area contributed by atoms with Crippen molar-refractivity contribution in [3.8, 4) is 0 Å². The molecule has 0 aromatic heterocycles. The molecule has 0 aliphatic carbocycles. The van der Waals surface area contributed by atoms with Gasteiger partial charge in [0.2, 0.25) is 0 Å². The van der Waals surface area contributed by atoms with E-state index in [4.69, 9.17) is 0 Å². The smallest absolute Gasteiger partial charge is 0.0332 e. The van der Waals surface area contributed by atoms with Crippen LogP contribution in [0.25, 0.3) is 21.5 Å². The van der Waals surface area contributed by atoms with Crippen molar-refractivity contribution in [3.63, 3.8) is 0 Å². The first kappa shape index (κ1) is 7.10. The van der Waals surface area contributed by atoms with E-state index in [0.29, 0.717) is 0 Å². The van der Waals surface area contributed by atoms with Crippen molar-refractivity contribution in [2.75, 3.05) is 0 Å². The fourth-order valence-corrected chi connectivity index (χ4v) is 2.94. The second-order valence-corrected chi connectivity index (χ2v) is 4.54. The molecule has 58 valence electrons. The van der Waals surface area contributed by atoms with Gasteiger partial charge in [0, 0.05) is 8.95 Å². The minimum Gasteiger partial charge on any atom is -0.0525 e. The van der Waals surface area contributed by atoms with Crippen molar-refractivity contribution < 1.29 is 0 Å². The fourth-order valence-electron chi connectivity index (χ4n) is 1.56. The van der Waals surface area contributed by atoms with Gasteiger partial charge in [-0.2, -0.15) is 0 Å². The van der Waals surface area contributed by atoms with Gasteiger partial charge in [-0.3, -0.25) is 0 Å². The molecule has 0 N–H and O–H groups in total. The molecule has 0 saturated carbocycles. The highest BCUT2D eigenvalue weighted by atomic mass is 79.9. The van der Waals surface area contributed by atoms with Gasteiger partial charge in [0.1, 0.15) is 0 Å². The van der Waals surface area contributed by atoms with Crippen LogP contribution in [0.5, 0.6) is 0 Å². The van der Waals surface area contributed by atoms with Gasteiger partial charge >= 0.3 is 0 Å². The van der Waals surface area contributed by atoms with Crippen LogP contribution in [0, 0.1) is 0 Å². The first-order chi connectivity index (χ1) is 5.79. The molecule has 0 radical (unpaired) electrons. The second kappa shape index (κ2) is 2.12. The quantitative estimate of drug-likeness (QED) is 0.574.